The molecule has 1 fully saturated rings. The minimum atomic E-state index is -3.89. The number of hydrogen-bond donors (Lipinski definition) is 2. The predicted octanol–water partition coefficient (Wildman–Crippen LogP) is 1.11. The quantitative estimate of drug-likeness (QED) is 0.541. The van der Waals surface area contributed by atoms with Crippen molar-refractivity contribution in [2.75, 3.05) is 45.5 Å². The van der Waals surface area contributed by atoms with Gasteiger partial charge in [-0.15, -0.1) is 0 Å². The maximum absolute atomic E-state index is 11.7. The summed E-state index contributed by atoms with van der Waals surface area (Å²) in [6.07, 6.45) is 2.03. The third-order valence-corrected chi connectivity index (χ3v) is 4.18. The molecule has 1 heterocycles. The summed E-state index contributed by atoms with van der Waals surface area (Å²) in [5, 5.41) is 0. The molecular weight excluding hydrogens is 283 g/mol. The Labute approximate surface area is 120 Å². The fourth-order valence-electron chi connectivity index (χ4n) is 2.05. The van der Waals surface area contributed by atoms with Crippen LogP contribution in [-0.2, 0) is 9.30 Å². The third kappa shape index (κ3) is 7.24. The highest BCUT2D eigenvalue weighted by Crippen LogP contribution is 2.34. The second-order valence-corrected chi connectivity index (χ2v) is 6.82. The zero-order chi connectivity index (χ0) is 15.0. The van der Waals surface area contributed by atoms with E-state index in [4.69, 9.17) is 14.5 Å². The molecule has 8 heteroatoms. The van der Waals surface area contributed by atoms with E-state index in [1.807, 2.05) is 6.92 Å². The maximum atomic E-state index is 11.7. The van der Waals surface area contributed by atoms with Gasteiger partial charge in [0.1, 0.15) is 0 Å². The second-order valence-electron chi connectivity index (χ2n) is 5.04. The summed E-state index contributed by atoms with van der Waals surface area (Å²) in [4.78, 5) is 33.1. The summed E-state index contributed by atoms with van der Waals surface area (Å²) in [5.74, 6) is 0. The van der Waals surface area contributed by atoms with Crippen LogP contribution in [0.2, 0.25) is 0 Å². The molecule has 0 atom stereocenters. The van der Waals surface area contributed by atoms with Crippen LogP contribution in [0.5, 0.6) is 0 Å². The first-order valence-corrected chi connectivity index (χ1v) is 8.91. The number of unbranched alkanes of at least 4 members (excludes halogenated alkanes) is 1. The van der Waals surface area contributed by atoms with Gasteiger partial charge in [-0.1, -0.05) is 13.3 Å². The highest BCUT2D eigenvalue weighted by molar-refractivity contribution is 7.51. The topological polar surface area (TPSA) is 90.3 Å². The lowest BCUT2D eigenvalue weighted by Gasteiger charge is -2.34. The van der Waals surface area contributed by atoms with Crippen molar-refractivity contribution in [2.24, 2.45) is 0 Å². The second kappa shape index (κ2) is 8.62. The fourth-order valence-corrected chi connectivity index (χ4v) is 2.60. The maximum Gasteiger partial charge on any atom is 0.409 e. The van der Waals surface area contributed by atoms with Crippen LogP contribution in [0.25, 0.3) is 0 Å². The largest absolute Gasteiger partial charge is 0.449 e. The summed E-state index contributed by atoms with van der Waals surface area (Å²) < 4.78 is 15.9. The molecule has 7 nitrogen and oxygen atoms in total. The van der Waals surface area contributed by atoms with Crippen molar-refractivity contribution in [1.29, 1.82) is 0 Å². The molecule has 0 bridgehead atoms. The van der Waals surface area contributed by atoms with Gasteiger partial charge >= 0.3 is 13.7 Å². The minimum absolute atomic E-state index is 0.0771. The Kier molecular flexibility index (Phi) is 7.51. The van der Waals surface area contributed by atoms with Gasteiger partial charge in [0.15, 0.2) is 0 Å². The molecule has 0 spiro atoms. The van der Waals surface area contributed by atoms with Crippen molar-refractivity contribution < 1.29 is 23.9 Å². The van der Waals surface area contributed by atoms with E-state index in [-0.39, 0.29) is 12.3 Å². The summed E-state index contributed by atoms with van der Waals surface area (Å²) in [5.41, 5.74) is 0. The average Bonchev–Trinajstić information content (AvgIpc) is 2.38. The van der Waals surface area contributed by atoms with E-state index in [9.17, 15) is 9.36 Å². The number of hydrogen-bond acceptors (Lipinski definition) is 4. The van der Waals surface area contributed by atoms with E-state index in [0.717, 1.165) is 25.9 Å². The van der Waals surface area contributed by atoms with Crippen LogP contribution in [0.15, 0.2) is 0 Å². The van der Waals surface area contributed by atoms with Crippen molar-refractivity contribution in [3.8, 4) is 0 Å². The molecule has 1 saturated heterocycles. The zero-order valence-electron chi connectivity index (χ0n) is 12.0. The van der Waals surface area contributed by atoms with Gasteiger partial charge in [0.25, 0.3) is 0 Å². The summed E-state index contributed by atoms with van der Waals surface area (Å²) >= 11 is 0. The van der Waals surface area contributed by atoms with Gasteiger partial charge in [0.2, 0.25) is 0 Å². The molecule has 1 rings (SSSR count). The summed E-state index contributed by atoms with van der Waals surface area (Å²) in [6, 6.07) is 0. The van der Waals surface area contributed by atoms with Crippen molar-refractivity contribution in [1.82, 2.24) is 9.80 Å². The standard InChI is InChI=1S/C12H25N2O5P/c1-2-3-10-19-12(15)14-8-6-13(7-9-14)5-4-11-20(16,17)18/h2-11H2,1H3,(H2,16,17,18). The van der Waals surface area contributed by atoms with E-state index in [1.165, 1.54) is 0 Å². The molecule has 0 radical (unpaired) electrons. The lowest BCUT2D eigenvalue weighted by Crippen LogP contribution is -2.49. The lowest BCUT2D eigenvalue weighted by molar-refractivity contribution is 0.0755. The Hall–Kier alpha value is -0.620. The van der Waals surface area contributed by atoms with E-state index in [1.54, 1.807) is 4.90 Å². The van der Waals surface area contributed by atoms with E-state index in [2.05, 4.69) is 4.90 Å². The molecule has 0 saturated carbocycles. The lowest BCUT2D eigenvalue weighted by atomic mass is 10.3. The van der Waals surface area contributed by atoms with Gasteiger partial charge in [0.05, 0.1) is 12.8 Å². The molecule has 0 aromatic carbocycles. The number of carbonyl (C=O) groups is 1. The Morgan fingerprint density at radius 3 is 2.40 bits per heavy atom. The van der Waals surface area contributed by atoms with E-state index < -0.39 is 7.60 Å². The summed E-state index contributed by atoms with van der Waals surface area (Å²) in [7, 11) is -3.89. The molecule has 118 valence electrons. The highest BCUT2D eigenvalue weighted by Gasteiger charge is 2.22. The average molecular weight is 308 g/mol. The van der Waals surface area contributed by atoms with Gasteiger partial charge in [-0.25, -0.2) is 4.79 Å². The van der Waals surface area contributed by atoms with Gasteiger partial charge in [-0.3, -0.25) is 9.46 Å². The van der Waals surface area contributed by atoms with Gasteiger partial charge < -0.3 is 19.4 Å². The van der Waals surface area contributed by atoms with Crippen LogP contribution >= 0.6 is 7.60 Å². The van der Waals surface area contributed by atoms with Crippen LogP contribution in [-0.4, -0.2) is 71.2 Å². The molecule has 20 heavy (non-hydrogen) atoms. The number of piperazine rings is 1. The normalized spacial score (nSPS) is 17.2. The number of nitrogens with zero attached hydrogens (tertiary/aromatic N) is 2. The Bertz CT molecular complexity index is 339. The number of ether oxygens (including phenoxy) is 1. The molecule has 1 amide bonds. The van der Waals surface area contributed by atoms with Crippen LogP contribution < -0.4 is 0 Å². The van der Waals surface area contributed by atoms with Gasteiger partial charge in [-0.05, 0) is 19.4 Å². The minimum Gasteiger partial charge on any atom is -0.449 e. The Morgan fingerprint density at radius 2 is 1.85 bits per heavy atom. The van der Waals surface area contributed by atoms with Crippen LogP contribution in [0.1, 0.15) is 26.2 Å². The monoisotopic (exact) mass is 308 g/mol. The van der Waals surface area contributed by atoms with Gasteiger partial charge in [-0.2, -0.15) is 0 Å². The molecular formula is C12H25N2O5P. The van der Waals surface area contributed by atoms with Gasteiger partial charge in [0, 0.05) is 26.2 Å². The highest BCUT2D eigenvalue weighted by atomic mass is 31.2. The number of rotatable bonds is 7. The molecule has 2 N–H and O–H groups in total. The third-order valence-electron chi connectivity index (χ3n) is 3.28. The van der Waals surface area contributed by atoms with E-state index in [0.29, 0.717) is 32.7 Å². The SMILES string of the molecule is CCCCOC(=O)N1CCN(CCCP(=O)(O)O)CC1. The van der Waals surface area contributed by atoms with Crippen LogP contribution in [0, 0.1) is 0 Å². The molecule has 1 aliphatic heterocycles. The fraction of sp³-hybridized carbons (Fsp3) is 0.917. The zero-order valence-corrected chi connectivity index (χ0v) is 12.9. The van der Waals surface area contributed by atoms with Crippen LogP contribution in [0.4, 0.5) is 4.79 Å². The molecule has 0 unspecified atom stereocenters. The van der Waals surface area contributed by atoms with Crippen molar-refractivity contribution in [3.05, 3.63) is 0 Å². The first kappa shape index (κ1) is 17.4. The van der Waals surface area contributed by atoms with Crippen molar-refractivity contribution in [3.63, 3.8) is 0 Å². The number of carbonyl (C=O) groups excluding carboxylic acids is 1. The predicted molar refractivity (Wildman–Crippen MR) is 75.8 cm³/mol. The Balaban J connectivity index is 2.16. The van der Waals surface area contributed by atoms with Crippen LogP contribution in [0.3, 0.4) is 0 Å². The molecule has 0 aromatic rings. The van der Waals surface area contributed by atoms with E-state index >= 15 is 0 Å². The molecule has 1 aliphatic rings. The van der Waals surface area contributed by atoms with Crippen molar-refractivity contribution >= 4 is 13.7 Å². The Morgan fingerprint density at radius 1 is 1.20 bits per heavy atom. The summed E-state index contributed by atoms with van der Waals surface area (Å²) in [6.45, 7) is 5.85. The smallest absolute Gasteiger partial charge is 0.409 e. The molecule has 0 aromatic heterocycles. The van der Waals surface area contributed by atoms with Crippen molar-refractivity contribution in [2.45, 2.75) is 26.2 Å². The first-order chi connectivity index (χ1) is 9.42. The number of amides is 1. The first-order valence-electron chi connectivity index (χ1n) is 7.11. The molecule has 0 aliphatic carbocycles.